The van der Waals surface area contributed by atoms with Gasteiger partial charge >= 0.3 is 0 Å². The van der Waals surface area contributed by atoms with E-state index < -0.39 is 0 Å². The van der Waals surface area contributed by atoms with Crippen molar-refractivity contribution in [3.63, 3.8) is 0 Å². The Morgan fingerprint density at radius 2 is 1.94 bits per heavy atom. The molecule has 0 radical (unpaired) electrons. The molecule has 0 aliphatic carbocycles. The summed E-state index contributed by atoms with van der Waals surface area (Å²) in [6.45, 7) is 2.06. The number of thiophene rings is 1. The molecule has 0 aliphatic heterocycles. The summed E-state index contributed by atoms with van der Waals surface area (Å²) in [5.41, 5.74) is 2.37. The van der Waals surface area contributed by atoms with Crippen molar-refractivity contribution in [2.45, 2.75) is 11.8 Å². The molecule has 1 aromatic carbocycles. The van der Waals surface area contributed by atoms with E-state index in [1.54, 1.807) is 11.3 Å². The maximum atomic E-state index is 6.05. The Balaban J connectivity index is 2.39. The van der Waals surface area contributed by atoms with Gasteiger partial charge in [0.15, 0.2) is 0 Å². The number of rotatable bonds is 2. The molecule has 1 atom stereocenters. The summed E-state index contributed by atoms with van der Waals surface area (Å²) in [5, 5.41) is 1.51. The Morgan fingerprint density at radius 3 is 2.47 bits per heavy atom. The second kappa shape index (κ2) is 5.62. The van der Waals surface area contributed by atoms with Crippen LogP contribution in [0, 0.1) is 6.92 Å². The van der Waals surface area contributed by atoms with E-state index in [1.165, 1.54) is 16.0 Å². The smallest absolute Gasteiger partial charge is 0.0887 e. The van der Waals surface area contributed by atoms with Crippen LogP contribution in [0.4, 0.5) is 0 Å². The molecule has 2 rings (SSSR count). The maximum absolute atomic E-state index is 6.05. The van der Waals surface area contributed by atoms with Gasteiger partial charge < -0.3 is 0 Å². The van der Waals surface area contributed by atoms with Crippen LogP contribution in [0.25, 0.3) is 0 Å². The predicted molar refractivity (Wildman–Crippen MR) is 84.0 cm³/mol. The predicted octanol–water partition coefficient (Wildman–Crippen LogP) is 6.61. The second-order valence-corrected chi connectivity index (χ2v) is 7.79. The van der Waals surface area contributed by atoms with E-state index in [9.17, 15) is 0 Å². The van der Waals surface area contributed by atoms with Crippen molar-refractivity contribution < 1.29 is 0 Å². The zero-order valence-electron chi connectivity index (χ0n) is 8.81. The number of alkyl halides is 1. The Bertz CT molecular complexity index is 532. The minimum absolute atomic E-state index is 0.147. The summed E-state index contributed by atoms with van der Waals surface area (Å²) in [5.74, 6) is 0. The molecule has 0 fully saturated rings. The lowest BCUT2D eigenvalue weighted by molar-refractivity contribution is 1.18. The quantitative estimate of drug-likeness (QED) is 0.485. The molecule has 0 spiro atoms. The molecule has 0 saturated carbocycles. The van der Waals surface area contributed by atoms with E-state index in [1.807, 2.05) is 24.3 Å². The highest BCUT2D eigenvalue weighted by molar-refractivity contribution is 9.11. The van der Waals surface area contributed by atoms with Gasteiger partial charge in [0.25, 0.3) is 0 Å². The molecule has 1 unspecified atom stereocenters. The molecule has 90 valence electrons. The number of benzene rings is 1. The molecule has 0 nitrogen and oxygen atoms in total. The van der Waals surface area contributed by atoms with Crippen LogP contribution < -0.4 is 0 Å². The monoisotopic (exact) mass is 412 g/mol. The third-order valence-corrected chi connectivity index (χ3v) is 6.48. The van der Waals surface area contributed by atoms with Crippen molar-refractivity contribution in [1.82, 2.24) is 0 Å². The summed E-state index contributed by atoms with van der Waals surface area (Å²) < 4.78 is 0.963. The molecule has 0 bridgehead atoms. The van der Waals surface area contributed by atoms with Crippen LogP contribution in [-0.4, -0.2) is 0 Å². The average molecular weight is 415 g/mol. The van der Waals surface area contributed by atoms with Crippen LogP contribution in [0.15, 0.2) is 28.1 Å². The largest absolute Gasteiger partial charge is 0.130 e. The van der Waals surface area contributed by atoms with Crippen molar-refractivity contribution in [3.05, 3.63) is 54.1 Å². The third-order valence-electron chi connectivity index (χ3n) is 2.42. The molecule has 0 aliphatic rings. The highest BCUT2D eigenvalue weighted by Gasteiger charge is 2.16. The Morgan fingerprint density at radius 1 is 1.24 bits per heavy atom. The van der Waals surface area contributed by atoms with Crippen LogP contribution in [0.5, 0.6) is 0 Å². The lowest BCUT2D eigenvalue weighted by Crippen LogP contribution is -1.93. The standard InChI is InChI=1S/C12H8Br2Cl2S/c1-6-4-7(15)2-3-8(6)11(13)10-5-9(16)12(14)17-10/h2-5,11H,1H3. The van der Waals surface area contributed by atoms with Crippen LogP contribution in [0.3, 0.4) is 0 Å². The summed E-state index contributed by atoms with van der Waals surface area (Å²) >= 11 is 20.8. The minimum atomic E-state index is 0.147. The van der Waals surface area contributed by atoms with Gasteiger partial charge in [0.2, 0.25) is 0 Å². The lowest BCUT2D eigenvalue weighted by Gasteiger charge is -2.11. The van der Waals surface area contributed by atoms with Crippen LogP contribution >= 0.6 is 66.4 Å². The molecule has 5 heteroatoms. The van der Waals surface area contributed by atoms with Gasteiger partial charge in [0.05, 0.1) is 13.6 Å². The molecule has 0 amide bonds. The van der Waals surface area contributed by atoms with Crippen LogP contribution in [-0.2, 0) is 0 Å². The first-order valence-corrected chi connectivity index (χ1v) is 8.12. The van der Waals surface area contributed by atoms with Gasteiger partial charge in [-0.3, -0.25) is 0 Å². The Labute approximate surface area is 131 Å². The van der Waals surface area contributed by atoms with E-state index >= 15 is 0 Å². The molecular weight excluding hydrogens is 407 g/mol. The maximum Gasteiger partial charge on any atom is 0.0887 e. The Kier molecular flexibility index (Phi) is 4.59. The number of halogens is 4. The molecular formula is C12H8Br2Cl2S. The van der Waals surface area contributed by atoms with Crippen molar-refractivity contribution in [2.75, 3.05) is 0 Å². The van der Waals surface area contributed by atoms with Crippen molar-refractivity contribution in [2.24, 2.45) is 0 Å². The zero-order chi connectivity index (χ0) is 12.6. The van der Waals surface area contributed by atoms with Gasteiger partial charge in [-0.05, 0) is 52.2 Å². The number of hydrogen-bond acceptors (Lipinski definition) is 1. The molecule has 1 aromatic heterocycles. The number of aryl methyl sites for hydroxylation is 1. The number of hydrogen-bond donors (Lipinski definition) is 0. The minimum Gasteiger partial charge on any atom is -0.130 e. The highest BCUT2D eigenvalue weighted by Crippen LogP contribution is 2.42. The summed E-state index contributed by atoms with van der Waals surface area (Å²) in [7, 11) is 0. The van der Waals surface area contributed by atoms with Gasteiger partial charge in [-0.15, -0.1) is 11.3 Å². The summed E-state index contributed by atoms with van der Waals surface area (Å²) in [4.78, 5) is 1.32. The van der Waals surface area contributed by atoms with Crippen molar-refractivity contribution >= 4 is 66.4 Å². The van der Waals surface area contributed by atoms with Gasteiger partial charge in [-0.1, -0.05) is 45.2 Å². The fraction of sp³-hybridized carbons (Fsp3) is 0.167. The molecule has 0 saturated heterocycles. The third kappa shape index (κ3) is 3.07. The SMILES string of the molecule is Cc1cc(Cl)ccc1C(Br)c1cc(Cl)c(Br)s1. The van der Waals surface area contributed by atoms with Crippen LogP contribution in [0.1, 0.15) is 20.8 Å². The molecule has 2 aromatic rings. The van der Waals surface area contributed by atoms with E-state index in [4.69, 9.17) is 23.2 Å². The first-order chi connectivity index (χ1) is 7.99. The average Bonchev–Trinajstić information content (AvgIpc) is 2.58. The van der Waals surface area contributed by atoms with E-state index in [-0.39, 0.29) is 4.83 Å². The topological polar surface area (TPSA) is 0 Å². The second-order valence-electron chi connectivity index (χ2n) is 3.63. The van der Waals surface area contributed by atoms with Gasteiger partial charge in [-0.2, -0.15) is 0 Å². The normalized spacial score (nSPS) is 12.8. The summed E-state index contributed by atoms with van der Waals surface area (Å²) in [6.07, 6.45) is 0. The molecule has 1 heterocycles. The van der Waals surface area contributed by atoms with Gasteiger partial charge in [0.1, 0.15) is 0 Å². The van der Waals surface area contributed by atoms with Crippen LogP contribution in [0.2, 0.25) is 10.0 Å². The fourth-order valence-electron chi connectivity index (χ4n) is 1.56. The summed E-state index contributed by atoms with van der Waals surface area (Å²) in [6, 6.07) is 7.89. The first-order valence-electron chi connectivity index (χ1n) is 4.84. The van der Waals surface area contributed by atoms with Crippen molar-refractivity contribution in [1.29, 1.82) is 0 Å². The molecule has 0 N–H and O–H groups in total. The lowest BCUT2D eigenvalue weighted by atomic mass is 10.1. The highest BCUT2D eigenvalue weighted by atomic mass is 79.9. The van der Waals surface area contributed by atoms with E-state index in [0.29, 0.717) is 0 Å². The fourth-order valence-corrected chi connectivity index (χ4v) is 4.46. The zero-order valence-corrected chi connectivity index (χ0v) is 14.3. The molecule has 17 heavy (non-hydrogen) atoms. The van der Waals surface area contributed by atoms with Crippen molar-refractivity contribution in [3.8, 4) is 0 Å². The van der Waals surface area contributed by atoms with E-state index in [0.717, 1.165) is 13.8 Å². The van der Waals surface area contributed by atoms with Gasteiger partial charge in [0, 0.05) is 9.90 Å². The van der Waals surface area contributed by atoms with Gasteiger partial charge in [-0.25, -0.2) is 0 Å². The van der Waals surface area contributed by atoms with E-state index in [2.05, 4.69) is 38.8 Å². The first kappa shape index (κ1) is 13.9. The Hall–Kier alpha value is 0.460.